The van der Waals surface area contributed by atoms with Gasteiger partial charge >= 0.3 is 0 Å². The van der Waals surface area contributed by atoms with Crippen molar-refractivity contribution in [1.82, 2.24) is 0 Å². The van der Waals surface area contributed by atoms with E-state index in [9.17, 15) is 8.78 Å². The first-order valence-corrected chi connectivity index (χ1v) is 4.15. The van der Waals surface area contributed by atoms with Crippen LogP contribution in [-0.2, 0) is 0 Å². The minimum Gasteiger partial charge on any atom is -0.265 e. The second kappa shape index (κ2) is 5.86. The zero-order valence-electron chi connectivity index (χ0n) is 8.69. The molecule has 3 heteroatoms. The molecule has 0 aromatic carbocycles. The number of hydrogen-bond acceptors (Lipinski definition) is 1. The molecule has 1 nitrogen and oxygen atoms in total. The Morgan fingerprint density at radius 1 is 1.13 bits per heavy atom. The van der Waals surface area contributed by atoms with Crippen molar-refractivity contribution in [2.75, 3.05) is 0 Å². The Kier molecular flexibility index (Phi) is 5.16. The molecule has 0 fully saturated rings. The average Bonchev–Trinajstić information content (AvgIpc) is 2.22. The fraction of sp³-hybridized carbons (Fsp3) is 0.0833. The molecule has 0 unspecified atom stereocenters. The maximum Gasteiger partial charge on any atom is 0.166 e. The quantitative estimate of drug-likeness (QED) is 0.478. The van der Waals surface area contributed by atoms with Gasteiger partial charge in [-0.15, -0.1) is 0 Å². The van der Waals surface area contributed by atoms with Crippen LogP contribution in [0.25, 0.3) is 0 Å². The number of rotatable bonds is 5. The molecule has 0 aliphatic carbocycles. The van der Waals surface area contributed by atoms with E-state index in [1.54, 1.807) is 0 Å². The molecule has 0 atom stereocenters. The smallest absolute Gasteiger partial charge is 0.166 e. The summed E-state index contributed by atoms with van der Waals surface area (Å²) < 4.78 is 26.4. The highest BCUT2D eigenvalue weighted by Gasteiger charge is 2.11. The third kappa shape index (κ3) is 3.85. The Morgan fingerprint density at radius 3 is 2.07 bits per heavy atom. The van der Waals surface area contributed by atoms with E-state index < -0.39 is 11.7 Å². The van der Waals surface area contributed by atoms with Gasteiger partial charge in [-0.1, -0.05) is 26.3 Å². The number of aliphatic imine (C=N–C) groups is 1. The van der Waals surface area contributed by atoms with Gasteiger partial charge in [-0.2, -0.15) is 0 Å². The van der Waals surface area contributed by atoms with Gasteiger partial charge in [-0.05, 0) is 18.1 Å². The van der Waals surface area contributed by atoms with E-state index in [1.807, 2.05) is 0 Å². The number of halogens is 2. The fourth-order valence-electron chi connectivity index (χ4n) is 0.681. The van der Waals surface area contributed by atoms with Crippen LogP contribution in [0.1, 0.15) is 6.92 Å². The SMILES string of the molecule is C=CN=CC(=C)C(=C)/C(F)=C(/F)C(=C)C. The summed E-state index contributed by atoms with van der Waals surface area (Å²) in [6.07, 6.45) is 2.51. The largest absolute Gasteiger partial charge is 0.265 e. The highest BCUT2D eigenvalue weighted by molar-refractivity contribution is 5.85. The van der Waals surface area contributed by atoms with E-state index in [0.29, 0.717) is 0 Å². The lowest BCUT2D eigenvalue weighted by Gasteiger charge is -2.03. The predicted molar refractivity (Wildman–Crippen MR) is 61.0 cm³/mol. The Hall–Kier alpha value is -1.77. The minimum absolute atomic E-state index is 0.00195. The third-order valence-electron chi connectivity index (χ3n) is 1.56. The number of hydrogen-bond donors (Lipinski definition) is 0. The minimum atomic E-state index is -1.07. The number of allylic oxidation sites excluding steroid dienone is 5. The van der Waals surface area contributed by atoms with E-state index in [-0.39, 0.29) is 16.7 Å². The zero-order chi connectivity index (χ0) is 12.0. The Balaban J connectivity index is 4.95. The van der Waals surface area contributed by atoms with Crippen molar-refractivity contribution in [2.24, 2.45) is 4.99 Å². The molecule has 0 aliphatic rings. The molecule has 0 amide bonds. The zero-order valence-corrected chi connectivity index (χ0v) is 8.69. The highest BCUT2D eigenvalue weighted by atomic mass is 19.2. The van der Waals surface area contributed by atoms with Crippen molar-refractivity contribution in [2.45, 2.75) is 6.92 Å². The summed E-state index contributed by atoms with van der Waals surface area (Å²) in [4.78, 5) is 3.62. The molecule has 0 saturated heterocycles. The van der Waals surface area contributed by atoms with E-state index in [1.165, 1.54) is 19.3 Å². The Morgan fingerprint density at radius 2 is 1.67 bits per heavy atom. The maximum atomic E-state index is 13.3. The average molecular weight is 209 g/mol. The van der Waals surface area contributed by atoms with Gasteiger partial charge in [-0.25, -0.2) is 8.78 Å². The summed E-state index contributed by atoms with van der Waals surface area (Å²) in [5, 5.41) is 0. The van der Waals surface area contributed by atoms with Crippen LogP contribution in [0.4, 0.5) is 8.78 Å². The van der Waals surface area contributed by atoms with Crippen LogP contribution in [-0.4, -0.2) is 6.21 Å². The standard InChI is InChI=1S/C12H13F2N/c1-6-15-7-9(4)10(5)12(14)11(13)8(2)3/h6-7H,1-2,4-5H2,3H3/b12-11-,15-7?. The monoisotopic (exact) mass is 209 g/mol. The molecular weight excluding hydrogens is 196 g/mol. The lowest BCUT2D eigenvalue weighted by Crippen LogP contribution is -1.92. The molecule has 0 aromatic heterocycles. The topological polar surface area (TPSA) is 12.4 Å². The molecule has 0 radical (unpaired) electrons. The van der Waals surface area contributed by atoms with Gasteiger partial charge in [0.25, 0.3) is 0 Å². The number of nitrogens with zero attached hydrogens (tertiary/aromatic N) is 1. The molecule has 0 bridgehead atoms. The van der Waals surface area contributed by atoms with Gasteiger partial charge < -0.3 is 0 Å². The molecule has 0 N–H and O–H groups in total. The fourth-order valence-corrected chi connectivity index (χ4v) is 0.681. The van der Waals surface area contributed by atoms with Crippen molar-refractivity contribution < 1.29 is 8.78 Å². The van der Waals surface area contributed by atoms with E-state index >= 15 is 0 Å². The molecule has 0 saturated carbocycles. The Labute approximate surface area is 88.5 Å². The summed E-state index contributed by atoms with van der Waals surface area (Å²) in [7, 11) is 0. The highest BCUT2D eigenvalue weighted by Crippen LogP contribution is 2.24. The van der Waals surface area contributed by atoms with Gasteiger partial charge in [0.15, 0.2) is 11.7 Å². The van der Waals surface area contributed by atoms with E-state index in [2.05, 4.69) is 31.3 Å². The maximum absolute atomic E-state index is 13.3. The van der Waals surface area contributed by atoms with Crippen molar-refractivity contribution in [3.63, 3.8) is 0 Å². The Bertz CT molecular complexity index is 373. The van der Waals surface area contributed by atoms with Gasteiger partial charge in [0.2, 0.25) is 0 Å². The van der Waals surface area contributed by atoms with Crippen LogP contribution in [0.2, 0.25) is 0 Å². The summed E-state index contributed by atoms with van der Waals surface area (Å²) >= 11 is 0. The molecular formula is C12H13F2N. The van der Waals surface area contributed by atoms with Crippen LogP contribution >= 0.6 is 0 Å². The molecule has 0 rings (SSSR count). The first-order valence-electron chi connectivity index (χ1n) is 4.15. The molecule has 0 aromatic rings. The van der Waals surface area contributed by atoms with Crippen LogP contribution < -0.4 is 0 Å². The van der Waals surface area contributed by atoms with Crippen LogP contribution in [0.5, 0.6) is 0 Å². The first kappa shape index (κ1) is 13.2. The molecule has 15 heavy (non-hydrogen) atoms. The second-order valence-corrected chi connectivity index (χ2v) is 2.87. The lowest BCUT2D eigenvalue weighted by atomic mass is 10.1. The van der Waals surface area contributed by atoms with Gasteiger partial charge in [-0.3, -0.25) is 4.99 Å². The molecule has 80 valence electrons. The van der Waals surface area contributed by atoms with Crippen LogP contribution in [0.15, 0.2) is 65.9 Å². The summed E-state index contributed by atoms with van der Waals surface area (Å²) in [6.45, 7) is 14.8. The van der Waals surface area contributed by atoms with E-state index in [0.717, 1.165) is 0 Å². The van der Waals surface area contributed by atoms with E-state index in [4.69, 9.17) is 0 Å². The van der Waals surface area contributed by atoms with Crippen molar-refractivity contribution in [1.29, 1.82) is 0 Å². The van der Waals surface area contributed by atoms with Gasteiger partial charge in [0.1, 0.15) is 0 Å². The van der Waals surface area contributed by atoms with Gasteiger partial charge in [0, 0.05) is 18.0 Å². The summed E-state index contributed by atoms with van der Waals surface area (Å²) in [6, 6.07) is 0. The second-order valence-electron chi connectivity index (χ2n) is 2.87. The van der Waals surface area contributed by atoms with Crippen LogP contribution in [0.3, 0.4) is 0 Å². The predicted octanol–water partition coefficient (Wildman–Crippen LogP) is 4.04. The molecule has 0 spiro atoms. The van der Waals surface area contributed by atoms with Crippen molar-refractivity contribution in [3.8, 4) is 0 Å². The van der Waals surface area contributed by atoms with Crippen molar-refractivity contribution in [3.05, 3.63) is 60.9 Å². The lowest BCUT2D eigenvalue weighted by molar-refractivity contribution is 0.558. The molecule has 0 aliphatic heterocycles. The van der Waals surface area contributed by atoms with Gasteiger partial charge in [0.05, 0.1) is 0 Å². The normalized spacial score (nSPS) is 12.2. The summed E-state index contributed by atoms with van der Waals surface area (Å²) in [5.41, 5.74) is 0.0343. The van der Waals surface area contributed by atoms with Crippen LogP contribution in [0, 0.1) is 0 Å². The third-order valence-corrected chi connectivity index (χ3v) is 1.56. The van der Waals surface area contributed by atoms with Crippen molar-refractivity contribution >= 4 is 6.21 Å². The molecule has 0 heterocycles. The summed E-state index contributed by atoms with van der Waals surface area (Å²) in [5.74, 6) is -2.09. The first-order chi connectivity index (χ1) is 6.91.